The summed E-state index contributed by atoms with van der Waals surface area (Å²) in [7, 11) is 0. The number of unbranched alkanes of at least 4 members (excludes halogenated alkanes) is 5. The van der Waals surface area contributed by atoms with Crippen molar-refractivity contribution in [3.8, 4) is 0 Å². The molecule has 0 amide bonds. The summed E-state index contributed by atoms with van der Waals surface area (Å²) in [5.74, 6) is 0. The lowest BCUT2D eigenvalue weighted by Crippen LogP contribution is -2.62. The van der Waals surface area contributed by atoms with Gasteiger partial charge in [-0.3, -0.25) is 0 Å². The Morgan fingerprint density at radius 3 is 1.48 bits per heavy atom. The fraction of sp³-hybridized carbons (Fsp3) is 0.375. The minimum Gasteiger partial charge on any atom is -0.374 e. The molecule has 284 valence electrons. The molecule has 0 aliphatic carbocycles. The van der Waals surface area contributed by atoms with Gasteiger partial charge in [0.25, 0.3) is 0 Å². The second kappa shape index (κ2) is 22.3. The van der Waals surface area contributed by atoms with Crippen molar-refractivity contribution >= 4 is 0 Å². The summed E-state index contributed by atoms with van der Waals surface area (Å²) >= 11 is 0. The van der Waals surface area contributed by atoms with Crippen LogP contribution in [0.15, 0.2) is 152 Å². The van der Waals surface area contributed by atoms with Crippen molar-refractivity contribution in [3.05, 3.63) is 179 Å². The third kappa shape index (κ3) is 12.2. The van der Waals surface area contributed by atoms with E-state index in [4.69, 9.17) is 28.4 Å². The van der Waals surface area contributed by atoms with E-state index < -0.39 is 36.8 Å². The summed E-state index contributed by atoms with van der Waals surface area (Å²) in [5.41, 5.74) is 5.30. The minimum absolute atomic E-state index is 0.296. The fourth-order valence-electron chi connectivity index (χ4n) is 6.93. The predicted octanol–water partition coefficient (Wildman–Crippen LogP) is 10.7. The third-order valence-electron chi connectivity index (χ3n) is 9.83. The van der Waals surface area contributed by atoms with Gasteiger partial charge in [0.1, 0.15) is 30.5 Å². The van der Waals surface area contributed by atoms with Crippen LogP contribution < -0.4 is 0 Å². The van der Waals surface area contributed by atoms with Crippen LogP contribution in [0.1, 0.15) is 79.4 Å². The fourth-order valence-corrected chi connectivity index (χ4v) is 6.93. The van der Waals surface area contributed by atoms with Crippen LogP contribution in [0.3, 0.4) is 0 Å². The highest BCUT2D eigenvalue weighted by Crippen LogP contribution is 2.36. The maximum absolute atomic E-state index is 7.30. The molecule has 6 heteroatoms. The molecule has 0 aromatic heterocycles. The molecule has 1 aliphatic rings. The van der Waals surface area contributed by atoms with E-state index in [-0.39, 0.29) is 0 Å². The summed E-state index contributed by atoms with van der Waals surface area (Å²) in [5, 5.41) is 0. The SMILES string of the molecule is CCCCCCCCO[C@H]1O[C@H](COCc2ccccc2)[C@@H](OCc2ccccc2)[C@H](OCc2ccccc2)[C@@H]1OC(c1ccccc1)c1ccccc1. The average molecular weight is 729 g/mol. The molecular formula is C48H56O6. The van der Waals surface area contributed by atoms with E-state index in [1.165, 1.54) is 25.7 Å². The van der Waals surface area contributed by atoms with Crippen molar-refractivity contribution in [3.63, 3.8) is 0 Å². The zero-order chi connectivity index (χ0) is 37.0. The molecular weight excluding hydrogens is 673 g/mol. The Labute approximate surface area is 322 Å². The van der Waals surface area contributed by atoms with Crippen molar-refractivity contribution in [2.24, 2.45) is 0 Å². The van der Waals surface area contributed by atoms with Crippen LogP contribution >= 0.6 is 0 Å². The van der Waals surface area contributed by atoms with Crippen molar-refractivity contribution < 1.29 is 28.4 Å². The molecule has 5 aromatic rings. The summed E-state index contributed by atoms with van der Waals surface area (Å²) in [6.07, 6.45) is 3.64. The highest BCUT2D eigenvalue weighted by molar-refractivity contribution is 5.30. The number of ether oxygens (including phenoxy) is 6. The molecule has 1 fully saturated rings. The summed E-state index contributed by atoms with van der Waals surface area (Å²) in [6, 6.07) is 51.4. The Morgan fingerprint density at radius 1 is 0.481 bits per heavy atom. The lowest BCUT2D eigenvalue weighted by Gasteiger charge is -2.46. The Morgan fingerprint density at radius 2 is 0.944 bits per heavy atom. The van der Waals surface area contributed by atoms with Gasteiger partial charge in [-0.05, 0) is 34.2 Å². The molecule has 0 bridgehead atoms. The summed E-state index contributed by atoms with van der Waals surface area (Å²) in [6.45, 7) is 4.30. The first kappa shape index (κ1) is 39.6. The quantitative estimate of drug-likeness (QED) is 0.0662. The van der Waals surface area contributed by atoms with Gasteiger partial charge in [-0.1, -0.05) is 191 Å². The highest BCUT2D eigenvalue weighted by atomic mass is 16.7. The van der Waals surface area contributed by atoms with Crippen molar-refractivity contribution in [2.45, 2.75) is 102 Å². The van der Waals surface area contributed by atoms with E-state index in [2.05, 4.69) is 67.6 Å². The topological polar surface area (TPSA) is 55.4 Å². The lowest BCUT2D eigenvalue weighted by atomic mass is 9.96. The summed E-state index contributed by atoms with van der Waals surface area (Å²) in [4.78, 5) is 0. The first-order valence-electron chi connectivity index (χ1n) is 19.7. The molecule has 54 heavy (non-hydrogen) atoms. The highest BCUT2D eigenvalue weighted by Gasteiger charge is 2.50. The van der Waals surface area contributed by atoms with Crippen LogP contribution in [0.4, 0.5) is 0 Å². The minimum atomic E-state index is -0.724. The molecule has 6 nitrogen and oxygen atoms in total. The molecule has 5 atom stereocenters. The number of hydrogen-bond acceptors (Lipinski definition) is 6. The van der Waals surface area contributed by atoms with Crippen LogP contribution in [0, 0.1) is 0 Å². The van der Waals surface area contributed by atoms with Crippen LogP contribution in [0.5, 0.6) is 0 Å². The molecule has 1 saturated heterocycles. The molecule has 1 aliphatic heterocycles. The van der Waals surface area contributed by atoms with Crippen LogP contribution in [-0.2, 0) is 48.2 Å². The lowest BCUT2D eigenvalue weighted by molar-refractivity contribution is -0.331. The van der Waals surface area contributed by atoms with Gasteiger partial charge in [-0.15, -0.1) is 0 Å². The molecule has 1 heterocycles. The second-order valence-electron chi connectivity index (χ2n) is 14.0. The Balaban J connectivity index is 1.34. The molecule has 0 radical (unpaired) electrons. The van der Waals surface area contributed by atoms with Gasteiger partial charge in [0.15, 0.2) is 6.29 Å². The maximum Gasteiger partial charge on any atom is 0.186 e. The van der Waals surface area contributed by atoms with Gasteiger partial charge in [0, 0.05) is 6.61 Å². The van der Waals surface area contributed by atoms with Crippen LogP contribution in [0.2, 0.25) is 0 Å². The molecule has 0 unspecified atom stereocenters. The zero-order valence-corrected chi connectivity index (χ0v) is 31.6. The maximum atomic E-state index is 7.30. The van der Waals surface area contributed by atoms with E-state index in [0.717, 1.165) is 40.7 Å². The zero-order valence-electron chi connectivity index (χ0n) is 31.6. The van der Waals surface area contributed by atoms with Crippen LogP contribution in [-0.4, -0.2) is 43.9 Å². The van der Waals surface area contributed by atoms with Crippen molar-refractivity contribution in [1.82, 2.24) is 0 Å². The Kier molecular flexibility index (Phi) is 16.3. The summed E-state index contributed by atoms with van der Waals surface area (Å²) < 4.78 is 41.2. The predicted molar refractivity (Wildman–Crippen MR) is 214 cm³/mol. The molecule has 0 spiro atoms. The van der Waals surface area contributed by atoms with Crippen LogP contribution in [0.25, 0.3) is 0 Å². The molecule has 0 saturated carbocycles. The number of benzene rings is 5. The van der Waals surface area contributed by atoms with Crippen molar-refractivity contribution in [1.29, 1.82) is 0 Å². The normalized spacial score (nSPS) is 19.9. The van der Waals surface area contributed by atoms with E-state index >= 15 is 0 Å². The first-order valence-corrected chi connectivity index (χ1v) is 19.7. The van der Waals surface area contributed by atoms with E-state index in [9.17, 15) is 0 Å². The van der Waals surface area contributed by atoms with E-state index in [1.807, 2.05) is 91.0 Å². The Hall–Kier alpha value is -4.14. The molecule has 0 N–H and O–H groups in total. The Bertz CT molecular complexity index is 1650. The van der Waals surface area contributed by atoms with Crippen molar-refractivity contribution in [2.75, 3.05) is 13.2 Å². The van der Waals surface area contributed by atoms with Gasteiger partial charge in [-0.2, -0.15) is 0 Å². The number of hydrogen-bond donors (Lipinski definition) is 0. The second-order valence-corrected chi connectivity index (χ2v) is 14.0. The average Bonchev–Trinajstić information content (AvgIpc) is 3.23. The molecule has 6 rings (SSSR count). The van der Waals surface area contributed by atoms with Gasteiger partial charge in [0.05, 0.1) is 26.4 Å². The molecule has 5 aromatic carbocycles. The monoisotopic (exact) mass is 728 g/mol. The third-order valence-corrected chi connectivity index (χ3v) is 9.83. The van der Waals surface area contributed by atoms with E-state index in [1.54, 1.807) is 0 Å². The van der Waals surface area contributed by atoms with E-state index in [0.29, 0.717) is 33.0 Å². The number of rotatable bonds is 22. The first-order chi connectivity index (χ1) is 26.8. The van der Waals surface area contributed by atoms with Gasteiger partial charge in [-0.25, -0.2) is 0 Å². The van der Waals surface area contributed by atoms with Gasteiger partial charge >= 0.3 is 0 Å². The largest absolute Gasteiger partial charge is 0.374 e. The van der Waals surface area contributed by atoms with Gasteiger partial charge < -0.3 is 28.4 Å². The standard InChI is InChI=1S/C48H56O6/c1-2-3-4-5-6-22-33-50-48-47(54-44(41-29-18-10-19-30-41)42-31-20-11-21-32-42)46(52-36-40-27-16-9-17-28-40)45(51-35-39-25-14-8-15-26-39)43(53-48)37-49-34-38-23-12-7-13-24-38/h7-21,23-32,43-48H,2-6,22,33-37H2,1H3/t43-,45-,46+,47+,48+/m1/s1. The smallest absolute Gasteiger partial charge is 0.186 e. The van der Waals surface area contributed by atoms with Gasteiger partial charge in [0.2, 0.25) is 0 Å².